The van der Waals surface area contributed by atoms with Crippen LogP contribution in [0.4, 0.5) is 13.2 Å². The van der Waals surface area contributed by atoms with Crippen molar-refractivity contribution in [1.29, 1.82) is 0 Å². The van der Waals surface area contributed by atoms with E-state index in [9.17, 15) is 13.2 Å². The highest BCUT2D eigenvalue weighted by Crippen LogP contribution is 2.39. The number of unbranched alkanes of at least 4 members (excludes halogenated alkanes) is 1. The van der Waals surface area contributed by atoms with Gasteiger partial charge in [-0.15, -0.1) is 24.8 Å². The van der Waals surface area contributed by atoms with Crippen molar-refractivity contribution in [1.82, 2.24) is 10.2 Å². The Morgan fingerprint density at radius 2 is 1.83 bits per heavy atom. The van der Waals surface area contributed by atoms with E-state index in [1.807, 2.05) is 0 Å². The first-order valence-electron chi connectivity index (χ1n) is 7.75. The van der Waals surface area contributed by atoms with Gasteiger partial charge in [-0.2, -0.15) is 13.2 Å². The third-order valence-corrected chi connectivity index (χ3v) is 4.34. The van der Waals surface area contributed by atoms with Crippen molar-refractivity contribution in [2.75, 3.05) is 26.2 Å². The normalized spacial score (nSPS) is 16.9. The number of rotatable bonds is 5. The molecule has 0 aromatic heterocycles. The monoisotopic (exact) mass is 406 g/mol. The second-order valence-corrected chi connectivity index (χ2v) is 6.11. The van der Waals surface area contributed by atoms with Gasteiger partial charge in [0.15, 0.2) is 0 Å². The fourth-order valence-corrected chi connectivity index (χ4v) is 3.16. The molecule has 2 nitrogen and oxygen atoms in total. The van der Waals surface area contributed by atoms with Gasteiger partial charge in [-0.05, 0) is 24.1 Å². The molecule has 0 aliphatic carbocycles. The molecule has 1 aliphatic heterocycles. The molecule has 1 heterocycles. The zero-order chi connectivity index (χ0) is 16.2. The largest absolute Gasteiger partial charge is 0.416 e. The Bertz CT molecular complexity index is 492. The van der Waals surface area contributed by atoms with Crippen molar-refractivity contribution in [3.63, 3.8) is 0 Å². The fraction of sp³-hybridized carbons (Fsp3) is 0.625. The average Bonchev–Trinajstić information content (AvgIpc) is 2.49. The molecule has 1 saturated heterocycles. The molecule has 140 valence electrons. The molecule has 0 saturated carbocycles. The van der Waals surface area contributed by atoms with Gasteiger partial charge in [0.25, 0.3) is 0 Å². The maximum Gasteiger partial charge on any atom is 0.416 e. The van der Waals surface area contributed by atoms with Crippen LogP contribution < -0.4 is 5.32 Å². The minimum absolute atomic E-state index is 0. The van der Waals surface area contributed by atoms with E-state index in [0.717, 1.165) is 51.5 Å². The quantitative estimate of drug-likeness (QED) is 0.709. The Morgan fingerprint density at radius 1 is 1.21 bits per heavy atom. The molecule has 0 radical (unpaired) electrons. The predicted octanol–water partition coefficient (Wildman–Crippen LogP) is 5.34. The molecular weight excluding hydrogens is 384 g/mol. The summed E-state index contributed by atoms with van der Waals surface area (Å²) < 4.78 is 40.2. The molecule has 1 fully saturated rings. The average molecular weight is 408 g/mol. The van der Waals surface area contributed by atoms with Crippen LogP contribution >= 0.6 is 36.4 Å². The zero-order valence-electron chi connectivity index (χ0n) is 13.5. The van der Waals surface area contributed by atoms with Gasteiger partial charge in [0, 0.05) is 37.2 Å². The van der Waals surface area contributed by atoms with Crippen LogP contribution in [0, 0.1) is 0 Å². The van der Waals surface area contributed by atoms with Crippen molar-refractivity contribution in [2.24, 2.45) is 0 Å². The lowest BCUT2D eigenvalue weighted by Crippen LogP contribution is -2.45. The van der Waals surface area contributed by atoms with Gasteiger partial charge in [0.1, 0.15) is 0 Å². The molecule has 1 aliphatic rings. The number of hydrogen-bond donors (Lipinski definition) is 1. The van der Waals surface area contributed by atoms with Crippen molar-refractivity contribution in [3.8, 4) is 0 Å². The van der Waals surface area contributed by atoms with E-state index in [4.69, 9.17) is 11.6 Å². The van der Waals surface area contributed by atoms with Gasteiger partial charge in [0.2, 0.25) is 0 Å². The third kappa shape index (κ3) is 6.26. The van der Waals surface area contributed by atoms with Gasteiger partial charge in [-0.3, -0.25) is 4.90 Å². The van der Waals surface area contributed by atoms with Gasteiger partial charge in [-0.25, -0.2) is 0 Å². The molecule has 0 amide bonds. The number of piperazine rings is 1. The predicted molar refractivity (Wildman–Crippen MR) is 97.7 cm³/mol. The summed E-state index contributed by atoms with van der Waals surface area (Å²) in [6, 6.07) is 3.97. The van der Waals surface area contributed by atoms with Gasteiger partial charge < -0.3 is 5.32 Å². The maximum atomic E-state index is 13.4. The Morgan fingerprint density at radius 3 is 2.38 bits per heavy atom. The number of nitrogens with one attached hydrogen (secondary N) is 1. The third-order valence-electron chi connectivity index (χ3n) is 4.10. The zero-order valence-corrected chi connectivity index (χ0v) is 15.9. The molecule has 2 rings (SSSR count). The van der Waals surface area contributed by atoms with Crippen LogP contribution in [0.25, 0.3) is 0 Å². The molecule has 1 N–H and O–H groups in total. The second-order valence-electron chi connectivity index (χ2n) is 5.67. The van der Waals surface area contributed by atoms with Crippen LogP contribution in [-0.4, -0.2) is 31.1 Å². The first-order valence-corrected chi connectivity index (χ1v) is 8.12. The van der Waals surface area contributed by atoms with Gasteiger partial charge in [-0.1, -0.05) is 37.4 Å². The highest BCUT2D eigenvalue weighted by atomic mass is 35.5. The molecule has 0 bridgehead atoms. The second kappa shape index (κ2) is 10.7. The number of nitrogens with zero attached hydrogens (tertiary/aromatic N) is 1. The molecule has 1 atom stereocenters. The Kier molecular flexibility index (Phi) is 10.6. The van der Waals surface area contributed by atoms with Gasteiger partial charge in [0.05, 0.1) is 5.56 Å². The molecule has 0 spiro atoms. The smallest absolute Gasteiger partial charge is 0.314 e. The first kappa shape index (κ1) is 23.8. The number of benzene rings is 1. The maximum absolute atomic E-state index is 13.4. The summed E-state index contributed by atoms with van der Waals surface area (Å²) >= 11 is 5.79. The van der Waals surface area contributed by atoms with E-state index < -0.39 is 11.7 Å². The van der Waals surface area contributed by atoms with Gasteiger partial charge >= 0.3 is 6.18 Å². The van der Waals surface area contributed by atoms with E-state index in [0.29, 0.717) is 5.56 Å². The van der Waals surface area contributed by atoms with Crippen LogP contribution in [0.5, 0.6) is 0 Å². The van der Waals surface area contributed by atoms with E-state index in [1.54, 1.807) is 12.1 Å². The van der Waals surface area contributed by atoms with E-state index in [1.165, 1.54) is 0 Å². The van der Waals surface area contributed by atoms with Crippen LogP contribution in [0.2, 0.25) is 5.02 Å². The molecule has 24 heavy (non-hydrogen) atoms. The van der Waals surface area contributed by atoms with Crippen molar-refractivity contribution < 1.29 is 13.2 Å². The lowest BCUT2D eigenvalue weighted by Gasteiger charge is -2.36. The van der Waals surface area contributed by atoms with Crippen molar-refractivity contribution in [3.05, 3.63) is 34.3 Å². The minimum Gasteiger partial charge on any atom is -0.314 e. The highest BCUT2D eigenvalue weighted by Gasteiger charge is 2.36. The number of hydrogen-bond acceptors (Lipinski definition) is 2. The summed E-state index contributed by atoms with van der Waals surface area (Å²) in [5.41, 5.74) is -0.244. The summed E-state index contributed by atoms with van der Waals surface area (Å²) in [7, 11) is 0. The minimum atomic E-state index is -4.38. The van der Waals surface area contributed by atoms with Crippen molar-refractivity contribution in [2.45, 2.75) is 38.4 Å². The standard InChI is InChI=1S/C16H22ClF3N2.2ClH/c1-2-3-4-15(22-9-7-21-8-10-22)13-6-5-12(17)11-14(13)16(18,19)20;;/h5-6,11,15,21H,2-4,7-10H2,1H3;2*1H/t15-;;/m0../s1. The Balaban J connectivity index is 0.00000264. The van der Waals surface area contributed by atoms with Crippen LogP contribution in [-0.2, 0) is 6.18 Å². The summed E-state index contributed by atoms with van der Waals surface area (Å²) in [6.07, 6.45) is -1.76. The van der Waals surface area contributed by atoms with E-state index in [2.05, 4.69) is 17.1 Å². The Hall–Kier alpha value is -0.200. The molecule has 8 heteroatoms. The summed E-state index contributed by atoms with van der Waals surface area (Å²) in [4.78, 5) is 2.16. The topological polar surface area (TPSA) is 15.3 Å². The molecule has 1 aromatic rings. The fourth-order valence-electron chi connectivity index (χ4n) is 2.99. The number of halogens is 6. The number of alkyl halides is 3. The summed E-state index contributed by atoms with van der Waals surface area (Å²) in [5, 5.41) is 3.38. The first-order chi connectivity index (χ1) is 10.4. The molecular formula is C16H24Cl3F3N2. The SMILES string of the molecule is CCCC[C@@H](c1ccc(Cl)cc1C(F)(F)F)N1CCNCC1.Cl.Cl. The summed E-state index contributed by atoms with van der Waals surface area (Å²) in [6.45, 7) is 5.24. The van der Waals surface area contributed by atoms with Crippen LogP contribution in [0.3, 0.4) is 0 Å². The van der Waals surface area contributed by atoms with Crippen LogP contribution in [0.15, 0.2) is 18.2 Å². The lowest BCUT2D eigenvalue weighted by atomic mass is 9.94. The van der Waals surface area contributed by atoms with E-state index >= 15 is 0 Å². The van der Waals surface area contributed by atoms with Crippen LogP contribution in [0.1, 0.15) is 43.4 Å². The van der Waals surface area contributed by atoms with E-state index in [-0.39, 0.29) is 35.9 Å². The van der Waals surface area contributed by atoms with Crippen molar-refractivity contribution >= 4 is 36.4 Å². The highest BCUT2D eigenvalue weighted by molar-refractivity contribution is 6.30. The molecule has 0 unspecified atom stereocenters. The Labute approximate surface area is 158 Å². The summed E-state index contributed by atoms with van der Waals surface area (Å²) in [5.74, 6) is 0. The molecule has 1 aromatic carbocycles. The lowest BCUT2D eigenvalue weighted by molar-refractivity contribution is -0.138.